The SMILES string of the molecule is CC(C)N(C(=O)CN1CCCC(CN)C1)C1CCCCC1. The van der Waals surface area contributed by atoms with Gasteiger partial charge in [-0.1, -0.05) is 19.3 Å². The number of likely N-dealkylation sites (tertiary alicyclic amines) is 1. The molecule has 0 aromatic carbocycles. The highest BCUT2D eigenvalue weighted by molar-refractivity contribution is 5.79. The van der Waals surface area contributed by atoms with Crippen LogP contribution in [0.25, 0.3) is 0 Å². The molecule has 4 nitrogen and oxygen atoms in total. The van der Waals surface area contributed by atoms with E-state index in [4.69, 9.17) is 5.73 Å². The van der Waals surface area contributed by atoms with E-state index in [2.05, 4.69) is 23.6 Å². The molecule has 21 heavy (non-hydrogen) atoms. The van der Waals surface area contributed by atoms with E-state index < -0.39 is 0 Å². The van der Waals surface area contributed by atoms with Crippen molar-refractivity contribution in [3.8, 4) is 0 Å². The van der Waals surface area contributed by atoms with E-state index in [9.17, 15) is 4.79 Å². The standard InChI is InChI=1S/C17H33N3O/c1-14(2)20(16-8-4-3-5-9-16)17(21)13-19-10-6-7-15(11-18)12-19/h14-16H,3-13,18H2,1-2H3. The lowest BCUT2D eigenvalue weighted by Crippen LogP contribution is -2.51. The predicted octanol–water partition coefficient (Wildman–Crippen LogP) is 2.23. The number of hydrogen-bond donors (Lipinski definition) is 1. The third-order valence-corrected chi connectivity index (χ3v) is 5.11. The van der Waals surface area contributed by atoms with Crippen LogP contribution >= 0.6 is 0 Å². The minimum absolute atomic E-state index is 0.315. The fourth-order valence-electron chi connectivity index (χ4n) is 4.03. The first-order valence-corrected chi connectivity index (χ1v) is 8.85. The van der Waals surface area contributed by atoms with Gasteiger partial charge in [0.1, 0.15) is 0 Å². The molecule has 0 aromatic rings. The Morgan fingerprint density at radius 3 is 2.52 bits per heavy atom. The normalized spacial score (nSPS) is 25.2. The Balaban J connectivity index is 1.91. The lowest BCUT2D eigenvalue weighted by atomic mass is 9.93. The van der Waals surface area contributed by atoms with Crippen molar-refractivity contribution >= 4 is 5.91 Å². The Morgan fingerprint density at radius 1 is 1.19 bits per heavy atom. The number of hydrogen-bond acceptors (Lipinski definition) is 3. The van der Waals surface area contributed by atoms with E-state index in [0.29, 0.717) is 30.5 Å². The number of piperidine rings is 1. The van der Waals surface area contributed by atoms with Gasteiger partial charge in [-0.2, -0.15) is 0 Å². The highest BCUT2D eigenvalue weighted by Gasteiger charge is 2.29. The van der Waals surface area contributed by atoms with E-state index in [-0.39, 0.29) is 0 Å². The number of carbonyl (C=O) groups is 1. The molecule has 2 N–H and O–H groups in total. The zero-order valence-corrected chi connectivity index (χ0v) is 13.9. The number of nitrogens with two attached hydrogens (primary N) is 1. The molecule has 0 bridgehead atoms. The quantitative estimate of drug-likeness (QED) is 0.846. The van der Waals surface area contributed by atoms with Crippen LogP contribution in [0.4, 0.5) is 0 Å². The van der Waals surface area contributed by atoms with Crippen LogP contribution < -0.4 is 5.73 Å². The topological polar surface area (TPSA) is 49.6 Å². The Labute approximate surface area is 130 Å². The zero-order chi connectivity index (χ0) is 15.2. The van der Waals surface area contributed by atoms with Gasteiger partial charge in [0.2, 0.25) is 5.91 Å². The maximum atomic E-state index is 12.8. The summed E-state index contributed by atoms with van der Waals surface area (Å²) in [5.74, 6) is 0.906. The second kappa shape index (κ2) is 8.14. The molecule has 1 saturated heterocycles. The van der Waals surface area contributed by atoms with Crippen LogP contribution in [0.3, 0.4) is 0 Å². The number of carbonyl (C=O) groups excluding carboxylic acids is 1. The Hall–Kier alpha value is -0.610. The van der Waals surface area contributed by atoms with E-state index in [0.717, 1.165) is 19.6 Å². The largest absolute Gasteiger partial charge is 0.336 e. The van der Waals surface area contributed by atoms with Crippen LogP contribution in [-0.4, -0.2) is 54.0 Å². The second-order valence-corrected chi connectivity index (χ2v) is 7.17. The minimum Gasteiger partial charge on any atom is -0.336 e. The molecule has 1 atom stereocenters. The van der Waals surface area contributed by atoms with E-state index in [1.807, 2.05) is 0 Å². The molecule has 2 aliphatic rings. The van der Waals surface area contributed by atoms with Crippen LogP contribution in [0.15, 0.2) is 0 Å². The summed E-state index contributed by atoms with van der Waals surface area (Å²) in [7, 11) is 0. The molecule has 2 rings (SSSR count). The van der Waals surface area contributed by atoms with Crippen molar-refractivity contribution in [1.29, 1.82) is 0 Å². The molecule has 0 aromatic heterocycles. The van der Waals surface area contributed by atoms with Crippen LogP contribution in [0, 0.1) is 5.92 Å². The minimum atomic E-state index is 0.315. The maximum Gasteiger partial charge on any atom is 0.237 e. The smallest absolute Gasteiger partial charge is 0.237 e. The van der Waals surface area contributed by atoms with Gasteiger partial charge in [0, 0.05) is 18.6 Å². The molecular weight excluding hydrogens is 262 g/mol. The molecule has 1 unspecified atom stereocenters. The van der Waals surface area contributed by atoms with Gasteiger partial charge < -0.3 is 10.6 Å². The third kappa shape index (κ3) is 4.68. The van der Waals surface area contributed by atoms with Crippen LogP contribution in [-0.2, 0) is 4.79 Å². The van der Waals surface area contributed by atoms with Gasteiger partial charge in [-0.15, -0.1) is 0 Å². The molecule has 1 heterocycles. The van der Waals surface area contributed by atoms with Crippen LogP contribution in [0.2, 0.25) is 0 Å². The first-order valence-electron chi connectivity index (χ1n) is 8.85. The van der Waals surface area contributed by atoms with Crippen molar-refractivity contribution < 1.29 is 4.79 Å². The van der Waals surface area contributed by atoms with Gasteiger partial charge in [-0.3, -0.25) is 9.69 Å². The van der Waals surface area contributed by atoms with Gasteiger partial charge in [-0.25, -0.2) is 0 Å². The summed E-state index contributed by atoms with van der Waals surface area (Å²) < 4.78 is 0. The van der Waals surface area contributed by atoms with Crippen molar-refractivity contribution in [3.63, 3.8) is 0 Å². The number of amides is 1. The molecule has 4 heteroatoms. The molecule has 0 spiro atoms. The molecule has 2 fully saturated rings. The van der Waals surface area contributed by atoms with Crippen LogP contribution in [0.1, 0.15) is 58.8 Å². The molecule has 1 aliphatic carbocycles. The summed E-state index contributed by atoms with van der Waals surface area (Å²) in [6.45, 7) is 7.71. The van der Waals surface area contributed by atoms with Gasteiger partial charge in [0.15, 0.2) is 0 Å². The summed E-state index contributed by atoms with van der Waals surface area (Å²) in [5.41, 5.74) is 5.80. The molecule has 1 amide bonds. The van der Waals surface area contributed by atoms with Gasteiger partial charge in [0.25, 0.3) is 0 Å². The monoisotopic (exact) mass is 295 g/mol. The average molecular weight is 295 g/mol. The van der Waals surface area contributed by atoms with Gasteiger partial charge in [-0.05, 0) is 58.5 Å². The highest BCUT2D eigenvalue weighted by atomic mass is 16.2. The third-order valence-electron chi connectivity index (χ3n) is 5.11. The summed E-state index contributed by atoms with van der Waals surface area (Å²) in [4.78, 5) is 17.3. The second-order valence-electron chi connectivity index (χ2n) is 7.17. The Morgan fingerprint density at radius 2 is 1.90 bits per heavy atom. The fourth-order valence-corrected chi connectivity index (χ4v) is 4.03. The number of nitrogens with zero attached hydrogens (tertiary/aromatic N) is 2. The van der Waals surface area contributed by atoms with Crippen molar-refractivity contribution in [2.75, 3.05) is 26.2 Å². The molecule has 1 saturated carbocycles. The van der Waals surface area contributed by atoms with Crippen molar-refractivity contribution in [1.82, 2.24) is 9.80 Å². The zero-order valence-electron chi connectivity index (χ0n) is 13.9. The molecule has 0 radical (unpaired) electrons. The van der Waals surface area contributed by atoms with E-state index >= 15 is 0 Å². The molecular formula is C17H33N3O. The van der Waals surface area contributed by atoms with Gasteiger partial charge in [0.05, 0.1) is 6.54 Å². The van der Waals surface area contributed by atoms with Crippen molar-refractivity contribution in [2.24, 2.45) is 11.7 Å². The fraction of sp³-hybridized carbons (Fsp3) is 0.941. The lowest BCUT2D eigenvalue weighted by Gasteiger charge is -2.39. The highest BCUT2D eigenvalue weighted by Crippen LogP contribution is 2.25. The molecule has 122 valence electrons. The Bertz CT molecular complexity index is 326. The van der Waals surface area contributed by atoms with Crippen LogP contribution in [0.5, 0.6) is 0 Å². The Kier molecular flexibility index (Phi) is 6.49. The maximum absolute atomic E-state index is 12.8. The summed E-state index contributed by atoms with van der Waals surface area (Å²) in [5, 5.41) is 0. The van der Waals surface area contributed by atoms with E-state index in [1.54, 1.807) is 0 Å². The van der Waals surface area contributed by atoms with Gasteiger partial charge >= 0.3 is 0 Å². The summed E-state index contributed by atoms with van der Waals surface area (Å²) in [6, 6.07) is 0.789. The predicted molar refractivity (Wildman–Crippen MR) is 87.1 cm³/mol. The first kappa shape index (κ1) is 16.8. The summed E-state index contributed by atoms with van der Waals surface area (Å²) >= 11 is 0. The lowest BCUT2D eigenvalue weighted by molar-refractivity contribution is -0.138. The summed E-state index contributed by atoms with van der Waals surface area (Å²) in [6.07, 6.45) is 8.67. The van der Waals surface area contributed by atoms with Crippen molar-refractivity contribution in [3.05, 3.63) is 0 Å². The van der Waals surface area contributed by atoms with Crippen molar-refractivity contribution in [2.45, 2.75) is 70.9 Å². The number of rotatable bonds is 5. The average Bonchev–Trinajstić information content (AvgIpc) is 2.48. The first-order chi connectivity index (χ1) is 10.1. The molecule has 1 aliphatic heterocycles. The van der Waals surface area contributed by atoms with E-state index in [1.165, 1.54) is 44.9 Å².